The molecule has 0 aromatic heterocycles. The van der Waals surface area contributed by atoms with Crippen LogP contribution < -0.4 is 0 Å². The highest BCUT2D eigenvalue weighted by Crippen LogP contribution is 2.26. The molecule has 84 valence electrons. The average Bonchev–Trinajstić information content (AvgIpc) is 1.82. The molecule has 0 aliphatic heterocycles. The minimum atomic E-state index is -3.64. The van der Waals surface area contributed by atoms with Crippen molar-refractivity contribution >= 4 is 25.7 Å². The van der Waals surface area contributed by atoms with Crippen LogP contribution in [0.15, 0.2) is 0 Å². The Morgan fingerprint density at radius 3 is 1.36 bits per heavy atom. The van der Waals surface area contributed by atoms with Crippen molar-refractivity contribution in [1.82, 2.24) is 0 Å². The van der Waals surface area contributed by atoms with E-state index in [1.165, 1.54) is 0 Å². The van der Waals surface area contributed by atoms with Gasteiger partial charge in [-0.25, -0.2) is 4.79 Å². The van der Waals surface area contributed by atoms with E-state index in [9.17, 15) is 4.57 Å². The maximum absolute atomic E-state index is 9.33. The van der Waals surface area contributed by atoms with Gasteiger partial charge in [0.05, 0.1) is 0 Å². The Balaban J connectivity index is -0.000000131. The second-order valence-corrected chi connectivity index (χ2v) is 3.51. The van der Waals surface area contributed by atoms with Gasteiger partial charge in [-0.15, -0.1) is 0 Å². The number of carbonyl (C=O) groups is 2. The van der Waals surface area contributed by atoms with Gasteiger partial charge in [0.15, 0.2) is 0 Å². The van der Waals surface area contributed by atoms with Gasteiger partial charge in [-0.2, -0.15) is 0 Å². The van der Waals surface area contributed by atoms with Crippen LogP contribution in [0.5, 0.6) is 0 Å². The van der Waals surface area contributed by atoms with E-state index >= 15 is 0 Å². The van der Waals surface area contributed by atoms with Crippen molar-refractivity contribution in [1.29, 1.82) is 5.41 Å². The van der Waals surface area contributed by atoms with Crippen molar-refractivity contribution in [2.75, 3.05) is 6.66 Å². The molecule has 0 aliphatic rings. The molecule has 0 heterocycles. The lowest BCUT2D eigenvalue weighted by Crippen LogP contribution is -1.91. The summed E-state index contributed by atoms with van der Waals surface area (Å²) in [5.74, 6) is -2.04. The molecule has 14 heavy (non-hydrogen) atoms. The fourth-order valence-electron chi connectivity index (χ4n) is 0. The lowest BCUT2D eigenvalue weighted by atomic mass is 10.8. The molecular weight excluding hydrogens is 217 g/mol. The molecule has 0 saturated heterocycles. The van der Waals surface area contributed by atoms with Gasteiger partial charge in [-0.3, -0.25) is 9.36 Å². The summed E-state index contributed by atoms with van der Waals surface area (Å²) in [5.41, 5.74) is 0. The number of aliphatic carboxylic acids is 2. The van der Waals surface area contributed by atoms with Gasteiger partial charge >= 0.3 is 13.6 Å². The van der Waals surface area contributed by atoms with E-state index in [1.54, 1.807) is 0 Å². The van der Waals surface area contributed by atoms with Gasteiger partial charge in [0.2, 0.25) is 0 Å². The van der Waals surface area contributed by atoms with Gasteiger partial charge in [-0.1, -0.05) is 0 Å². The van der Waals surface area contributed by atoms with Gasteiger partial charge < -0.3 is 25.4 Å². The molecule has 0 bridgehead atoms. The fourth-order valence-corrected chi connectivity index (χ4v) is 0. The van der Waals surface area contributed by atoms with Crippen molar-refractivity contribution < 1.29 is 34.2 Å². The first-order chi connectivity index (χ1) is 6.00. The summed E-state index contributed by atoms with van der Waals surface area (Å²) in [4.78, 5) is 33.4. The third kappa shape index (κ3) is 1770. The van der Waals surface area contributed by atoms with E-state index in [-0.39, 0.29) is 0 Å². The predicted molar refractivity (Wildman–Crippen MR) is 47.7 cm³/mol. The van der Waals surface area contributed by atoms with Crippen molar-refractivity contribution in [2.24, 2.45) is 0 Å². The molecule has 0 fully saturated rings. The SMILES string of the molecule is CC(=O)O.CP(=O)(O)O.N=CC(=O)O. The molecule has 0 amide bonds. The summed E-state index contributed by atoms with van der Waals surface area (Å²) >= 11 is 0. The number of hydrogen-bond acceptors (Lipinski definition) is 4. The number of nitrogens with one attached hydrogen (secondary N) is 1. The quantitative estimate of drug-likeness (QED) is 0.302. The topological polar surface area (TPSA) is 156 Å². The van der Waals surface area contributed by atoms with Gasteiger partial charge in [0, 0.05) is 13.6 Å². The Morgan fingerprint density at radius 1 is 1.29 bits per heavy atom. The van der Waals surface area contributed by atoms with Crippen LogP contribution in [0, 0.1) is 5.41 Å². The van der Waals surface area contributed by atoms with E-state index < -0.39 is 19.5 Å². The minimum Gasteiger partial charge on any atom is -0.481 e. The van der Waals surface area contributed by atoms with Crippen LogP contribution in [0.1, 0.15) is 6.92 Å². The van der Waals surface area contributed by atoms with Crippen LogP contribution in [0.3, 0.4) is 0 Å². The van der Waals surface area contributed by atoms with Crippen molar-refractivity contribution in [3.05, 3.63) is 0 Å². The lowest BCUT2D eigenvalue weighted by Gasteiger charge is -1.84. The molecule has 0 radical (unpaired) electrons. The monoisotopic (exact) mass is 229 g/mol. The highest BCUT2D eigenvalue weighted by atomic mass is 31.2. The molecule has 0 rings (SSSR count). The average molecular weight is 229 g/mol. The molecule has 0 aromatic carbocycles. The molecular formula is C5H12NO7P. The molecule has 8 nitrogen and oxygen atoms in total. The van der Waals surface area contributed by atoms with E-state index in [2.05, 4.69) is 0 Å². The Morgan fingerprint density at radius 2 is 1.36 bits per heavy atom. The highest BCUT2D eigenvalue weighted by Gasteiger charge is 1.95. The molecule has 0 aliphatic carbocycles. The third-order valence-corrected chi connectivity index (χ3v) is 0.123. The van der Waals surface area contributed by atoms with Crippen LogP contribution in [-0.2, 0) is 14.2 Å². The number of carboxylic acids is 2. The predicted octanol–water partition coefficient (Wildman–Crippen LogP) is -0.395. The first-order valence-corrected chi connectivity index (χ1v) is 5.02. The van der Waals surface area contributed by atoms with Gasteiger partial charge in [0.25, 0.3) is 5.97 Å². The lowest BCUT2D eigenvalue weighted by molar-refractivity contribution is -0.134. The van der Waals surface area contributed by atoms with E-state index in [4.69, 9.17) is 35.0 Å². The zero-order chi connectivity index (χ0) is 12.4. The maximum Gasteiger partial charge on any atom is 0.346 e. The van der Waals surface area contributed by atoms with Gasteiger partial charge in [-0.05, 0) is 0 Å². The molecule has 5 N–H and O–H groups in total. The number of hydrogen-bond donors (Lipinski definition) is 5. The Hall–Kier alpha value is -1.24. The second-order valence-electron chi connectivity index (χ2n) is 1.84. The van der Waals surface area contributed by atoms with Gasteiger partial charge in [0.1, 0.15) is 6.21 Å². The molecule has 0 aromatic rings. The summed E-state index contributed by atoms with van der Waals surface area (Å²) < 4.78 is 9.33. The zero-order valence-corrected chi connectivity index (χ0v) is 8.43. The maximum atomic E-state index is 9.33. The first-order valence-electron chi connectivity index (χ1n) is 2.96. The van der Waals surface area contributed by atoms with Crippen LogP contribution in [0.2, 0.25) is 0 Å². The smallest absolute Gasteiger partial charge is 0.346 e. The Labute approximate surface area is 79.9 Å². The summed E-state index contributed by atoms with van der Waals surface area (Å²) in [6, 6.07) is 0. The number of carboxylic acid groups (broad SMARTS) is 2. The summed E-state index contributed by atoms with van der Waals surface area (Å²) in [6.07, 6.45) is 0.333. The molecule has 0 atom stereocenters. The normalized spacial score (nSPS) is 8.29. The first kappa shape index (κ1) is 18.5. The number of rotatable bonds is 1. The highest BCUT2D eigenvalue weighted by molar-refractivity contribution is 7.50. The standard InChI is InChI=1S/C2H3NO2.C2H4O2.CH5O3P/c3-1-2(4)5;1-2(3)4;1-5(2,3)4/h1,3H,(H,4,5);1H3,(H,3,4);1H3,(H2,2,3,4). The summed E-state index contributed by atoms with van der Waals surface area (Å²) in [7, 11) is -3.64. The van der Waals surface area contributed by atoms with Crippen LogP contribution >= 0.6 is 7.60 Å². The molecule has 9 heteroatoms. The minimum absolute atomic E-state index is 0.333. The van der Waals surface area contributed by atoms with Crippen LogP contribution in [-0.4, -0.2) is 44.8 Å². The van der Waals surface area contributed by atoms with E-state index in [1.807, 2.05) is 0 Å². The third-order valence-electron chi connectivity index (χ3n) is 0.123. The summed E-state index contributed by atoms with van der Waals surface area (Å²) in [5, 5.41) is 20.8. The van der Waals surface area contributed by atoms with Crippen molar-refractivity contribution in [3.8, 4) is 0 Å². The Bertz CT molecular complexity index is 220. The van der Waals surface area contributed by atoms with Crippen molar-refractivity contribution in [3.63, 3.8) is 0 Å². The molecule has 0 unspecified atom stereocenters. The van der Waals surface area contributed by atoms with Crippen LogP contribution in [0.25, 0.3) is 0 Å². The van der Waals surface area contributed by atoms with Crippen LogP contribution in [0.4, 0.5) is 0 Å². The van der Waals surface area contributed by atoms with E-state index in [0.29, 0.717) is 6.21 Å². The Kier molecular flexibility index (Phi) is 13.0. The zero-order valence-electron chi connectivity index (χ0n) is 7.54. The van der Waals surface area contributed by atoms with E-state index in [0.717, 1.165) is 13.6 Å². The molecule has 0 saturated carbocycles. The largest absolute Gasteiger partial charge is 0.481 e. The second kappa shape index (κ2) is 9.85. The fraction of sp³-hybridized carbons (Fsp3) is 0.400. The van der Waals surface area contributed by atoms with Crippen molar-refractivity contribution in [2.45, 2.75) is 6.92 Å². The summed E-state index contributed by atoms with van der Waals surface area (Å²) in [6.45, 7) is 1.94. The molecule has 0 spiro atoms.